The van der Waals surface area contributed by atoms with Crippen molar-refractivity contribution >= 4 is 50.7 Å². The van der Waals surface area contributed by atoms with E-state index in [0.717, 1.165) is 10.5 Å². The molecule has 0 heterocycles. The van der Waals surface area contributed by atoms with Crippen molar-refractivity contribution < 1.29 is 9.18 Å². The minimum atomic E-state index is -0.636. The molecule has 0 aliphatic heterocycles. The average Bonchev–Trinajstić information content (AvgIpc) is 2.37. The second-order valence-electron chi connectivity index (χ2n) is 3.71. The Hall–Kier alpha value is -1.10. The summed E-state index contributed by atoms with van der Waals surface area (Å²) in [6, 6.07) is 8.84. The molecule has 0 atom stereocenters. The van der Waals surface area contributed by atoms with Gasteiger partial charge in [0.15, 0.2) is 0 Å². The van der Waals surface area contributed by atoms with Crippen LogP contribution in [0.15, 0.2) is 40.9 Å². The van der Waals surface area contributed by atoms with E-state index in [1.54, 1.807) is 18.2 Å². The zero-order valence-electron chi connectivity index (χ0n) is 9.38. The fourth-order valence-electron chi connectivity index (χ4n) is 1.41. The molecule has 0 saturated carbocycles. The maximum Gasteiger partial charge on any atom is 0.255 e. The topological polar surface area (TPSA) is 29.1 Å². The largest absolute Gasteiger partial charge is 0.322 e. The highest BCUT2D eigenvalue weighted by Gasteiger charge is 2.10. The molecule has 2 rings (SSSR count). The van der Waals surface area contributed by atoms with Crippen LogP contribution in [0.4, 0.5) is 10.1 Å². The van der Waals surface area contributed by atoms with E-state index in [-0.39, 0.29) is 10.6 Å². The summed E-state index contributed by atoms with van der Waals surface area (Å²) in [6.45, 7) is 0. The van der Waals surface area contributed by atoms with E-state index >= 15 is 0 Å². The molecule has 0 fully saturated rings. The first-order valence-electron chi connectivity index (χ1n) is 5.19. The van der Waals surface area contributed by atoms with Crippen LogP contribution in [0, 0.1) is 5.82 Å². The highest BCUT2D eigenvalue weighted by molar-refractivity contribution is 9.10. The second-order valence-corrected chi connectivity index (χ2v) is 5.38. The van der Waals surface area contributed by atoms with Gasteiger partial charge in [0.05, 0.1) is 10.0 Å². The number of rotatable bonds is 2. The lowest BCUT2D eigenvalue weighted by Gasteiger charge is -2.07. The third kappa shape index (κ3) is 3.47. The Morgan fingerprint density at radius 2 is 1.84 bits per heavy atom. The van der Waals surface area contributed by atoms with Crippen LogP contribution in [0.3, 0.4) is 0 Å². The van der Waals surface area contributed by atoms with Crippen LogP contribution in [0.2, 0.25) is 10.0 Å². The lowest BCUT2D eigenvalue weighted by molar-refractivity contribution is 0.102. The lowest BCUT2D eigenvalue weighted by atomic mass is 10.2. The Morgan fingerprint density at radius 3 is 2.47 bits per heavy atom. The normalized spacial score (nSPS) is 10.3. The highest BCUT2D eigenvalue weighted by atomic mass is 79.9. The van der Waals surface area contributed by atoms with E-state index in [0.29, 0.717) is 10.7 Å². The molecule has 0 spiro atoms. The van der Waals surface area contributed by atoms with Gasteiger partial charge in [-0.3, -0.25) is 4.79 Å². The van der Waals surface area contributed by atoms with Gasteiger partial charge in [-0.25, -0.2) is 4.39 Å². The average molecular weight is 363 g/mol. The molecule has 2 aromatic carbocycles. The number of carbonyl (C=O) groups is 1. The Kier molecular flexibility index (Phi) is 4.45. The first-order valence-corrected chi connectivity index (χ1v) is 6.74. The lowest BCUT2D eigenvalue weighted by Crippen LogP contribution is -2.12. The third-order valence-electron chi connectivity index (χ3n) is 2.36. The van der Waals surface area contributed by atoms with E-state index in [4.69, 9.17) is 23.2 Å². The number of nitrogens with one attached hydrogen (secondary N) is 1. The van der Waals surface area contributed by atoms with Crippen molar-refractivity contribution in [2.75, 3.05) is 5.32 Å². The molecule has 0 aliphatic rings. The van der Waals surface area contributed by atoms with Gasteiger partial charge in [-0.1, -0.05) is 23.2 Å². The molecule has 1 amide bonds. The van der Waals surface area contributed by atoms with Gasteiger partial charge in [0.1, 0.15) is 5.82 Å². The zero-order chi connectivity index (χ0) is 14.0. The van der Waals surface area contributed by atoms with Crippen LogP contribution in [-0.4, -0.2) is 5.91 Å². The van der Waals surface area contributed by atoms with E-state index in [2.05, 4.69) is 21.2 Å². The molecule has 1 N–H and O–H groups in total. The van der Waals surface area contributed by atoms with E-state index in [9.17, 15) is 9.18 Å². The summed E-state index contributed by atoms with van der Waals surface area (Å²) in [6.07, 6.45) is 0. The maximum absolute atomic E-state index is 13.3. The van der Waals surface area contributed by atoms with Crippen molar-refractivity contribution in [1.29, 1.82) is 0 Å². The van der Waals surface area contributed by atoms with E-state index in [1.807, 2.05) is 0 Å². The van der Waals surface area contributed by atoms with Gasteiger partial charge in [0.2, 0.25) is 0 Å². The minimum Gasteiger partial charge on any atom is -0.322 e. The van der Waals surface area contributed by atoms with Crippen molar-refractivity contribution in [3.05, 3.63) is 62.3 Å². The van der Waals surface area contributed by atoms with Crippen molar-refractivity contribution in [3.8, 4) is 0 Å². The Bertz CT molecular complexity index is 649. The first kappa shape index (κ1) is 14.3. The Labute approximate surface area is 127 Å². The van der Waals surface area contributed by atoms with Gasteiger partial charge >= 0.3 is 0 Å². The molecule has 0 saturated heterocycles. The van der Waals surface area contributed by atoms with Gasteiger partial charge in [0.25, 0.3) is 5.91 Å². The highest BCUT2D eigenvalue weighted by Crippen LogP contribution is 2.26. The molecule has 19 heavy (non-hydrogen) atoms. The number of amides is 1. The molecular formula is C13H7BrCl2FNO. The van der Waals surface area contributed by atoms with Crippen LogP contribution in [0.25, 0.3) is 0 Å². The fraction of sp³-hybridized carbons (Fsp3) is 0. The number of hydrogen-bond donors (Lipinski definition) is 1. The summed E-state index contributed by atoms with van der Waals surface area (Å²) >= 11 is 14.7. The smallest absolute Gasteiger partial charge is 0.255 e. The predicted molar refractivity (Wildman–Crippen MR) is 78.5 cm³/mol. The molecule has 98 valence electrons. The zero-order valence-corrected chi connectivity index (χ0v) is 12.5. The van der Waals surface area contributed by atoms with Crippen LogP contribution in [0.5, 0.6) is 0 Å². The third-order valence-corrected chi connectivity index (χ3v) is 3.90. The summed E-state index contributed by atoms with van der Waals surface area (Å²) in [5.74, 6) is -1.07. The number of hydrogen-bond acceptors (Lipinski definition) is 1. The van der Waals surface area contributed by atoms with Gasteiger partial charge in [0, 0.05) is 15.7 Å². The summed E-state index contributed by atoms with van der Waals surface area (Å²) in [5, 5.41) is 3.07. The van der Waals surface area contributed by atoms with Crippen molar-refractivity contribution in [2.24, 2.45) is 0 Å². The SMILES string of the molecule is O=C(Nc1ccc(Br)c(Cl)c1)c1ccc(Cl)c(F)c1. The van der Waals surface area contributed by atoms with Crippen LogP contribution >= 0.6 is 39.1 Å². The molecule has 0 radical (unpaired) electrons. The first-order chi connectivity index (χ1) is 8.97. The number of anilines is 1. The molecule has 0 aliphatic carbocycles. The number of halogens is 4. The summed E-state index contributed by atoms with van der Waals surface area (Å²) in [7, 11) is 0. The fourth-order valence-corrected chi connectivity index (χ4v) is 1.96. The van der Waals surface area contributed by atoms with Crippen LogP contribution in [-0.2, 0) is 0 Å². The van der Waals surface area contributed by atoms with Gasteiger partial charge < -0.3 is 5.32 Å². The standard InChI is InChI=1S/C13H7BrCl2FNO/c14-9-3-2-8(6-11(9)16)18-13(19)7-1-4-10(15)12(17)5-7/h1-6H,(H,18,19). The summed E-state index contributed by atoms with van der Waals surface area (Å²) in [5.41, 5.74) is 0.703. The molecule has 0 bridgehead atoms. The van der Waals surface area contributed by atoms with E-state index < -0.39 is 11.7 Å². The Morgan fingerprint density at radius 1 is 1.11 bits per heavy atom. The quantitative estimate of drug-likeness (QED) is 0.786. The van der Waals surface area contributed by atoms with E-state index in [1.165, 1.54) is 12.1 Å². The molecule has 2 nitrogen and oxygen atoms in total. The number of carbonyl (C=O) groups excluding carboxylic acids is 1. The molecule has 0 aromatic heterocycles. The van der Waals surface area contributed by atoms with Crippen molar-refractivity contribution in [1.82, 2.24) is 0 Å². The molecule has 2 aromatic rings. The summed E-state index contributed by atoms with van der Waals surface area (Å²) < 4.78 is 14.0. The number of benzene rings is 2. The van der Waals surface area contributed by atoms with Gasteiger partial charge in [-0.2, -0.15) is 0 Å². The van der Waals surface area contributed by atoms with Gasteiger partial charge in [-0.15, -0.1) is 0 Å². The van der Waals surface area contributed by atoms with Crippen LogP contribution < -0.4 is 5.32 Å². The van der Waals surface area contributed by atoms with Crippen molar-refractivity contribution in [3.63, 3.8) is 0 Å². The summed E-state index contributed by atoms with van der Waals surface area (Å²) in [4.78, 5) is 11.9. The maximum atomic E-state index is 13.3. The Balaban J connectivity index is 2.20. The monoisotopic (exact) mass is 361 g/mol. The molecule has 0 unspecified atom stereocenters. The second kappa shape index (κ2) is 5.90. The van der Waals surface area contributed by atoms with Crippen molar-refractivity contribution in [2.45, 2.75) is 0 Å². The van der Waals surface area contributed by atoms with Crippen LogP contribution in [0.1, 0.15) is 10.4 Å². The predicted octanol–water partition coefficient (Wildman–Crippen LogP) is 5.15. The molecule has 6 heteroatoms. The molecular weight excluding hydrogens is 356 g/mol. The van der Waals surface area contributed by atoms with Gasteiger partial charge in [-0.05, 0) is 52.3 Å². The minimum absolute atomic E-state index is 0.0248.